The minimum absolute atomic E-state index is 0.0245. The number of carbonyl (C=O) groups excluding carboxylic acids is 1. The molecule has 3 nitrogen and oxygen atoms in total. The topological polar surface area (TPSA) is 29.5 Å². The molecule has 0 aliphatic rings. The van der Waals surface area contributed by atoms with E-state index in [1.54, 1.807) is 25.9 Å². The van der Waals surface area contributed by atoms with E-state index < -0.39 is 6.10 Å². The monoisotopic (exact) mass is 235 g/mol. The van der Waals surface area contributed by atoms with Gasteiger partial charge in [-0.2, -0.15) is 0 Å². The molecular weight excluding hydrogens is 214 g/mol. The number of hydrogen-bond donors (Lipinski definition) is 0. The quantitative estimate of drug-likeness (QED) is 0.805. The molecule has 1 rings (SSSR count). The average Bonchev–Trinajstić information content (AvgIpc) is 2.23. The molecular formula is C14H21NO2. The Labute approximate surface area is 103 Å². The molecule has 1 amide bonds. The van der Waals surface area contributed by atoms with Gasteiger partial charge in [-0.1, -0.05) is 6.07 Å². The third-order valence-corrected chi connectivity index (χ3v) is 2.86. The molecule has 17 heavy (non-hydrogen) atoms. The fourth-order valence-electron chi connectivity index (χ4n) is 1.73. The van der Waals surface area contributed by atoms with Crippen LogP contribution >= 0.6 is 0 Å². The number of carbonyl (C=O) groups is 1. The van der Waals surface area contributed by atoms with Crippen LogP contribution in [0.25, 0.3) is 0 Å². The first-order valence-electron chi connectivity index (χ1n) is 5.78. The Bertz CT molecular complexity index is 424. The van der Waals surface area contributed by atoms with Gasteiger partial charge in [0.15, 0.2) is 6.10 Å². The molecule has 0 heterocycles. The first-order chi connectivity index (χ1) is 7.82. The van der Waals surface area contributed by atoms with Crippen LogP contribution < -0.4 is 4.74 Å². The predicted molar refractivity (Wildman–Crippen MR) is 69.4 cm³/mol. The Morgan fingerprint density at radius 3 is 2.35 bits per heavy atom. The Morgan fingerprint density at radius 1 is 1.24 bits per heavy atom. The number of amides is 1. The highest BCUT2D eigenvalue weighted by molar-refractivity contribution is 5.80. The van der Waals surface area contributed by atoms with Gasteiger partial charge in [0.1, 0.15) is 5.75 Å². The van der Waals surface area contributed by atoms with Crippen LogP contribution in [0.4, 0.5) is 0 Å². The van der Waals surface area contributed by atoms with E-state index in [0.29, 0.717) is 0 Å². The zero-order chi connectivity index (χ0) is 13.2. The second-order valence-corrected chi connectivity index (χ2v) is 4.70. The average molecular weight is 235 g/mol. The molecule has 0 fully saturated rings. The molecule has 0 aliphatic heterocycles. The Kier molecular flexibility index (Phi) is 4.16. The number of ether oxygens (including phenoxy) is 1. The van der Waals surface area contributed by atoms with E-state index in [1.165, 1.54) is 5.56 Å². The van der Waals surface area contributed by atoms with E-state index in [0.717, 1.165) is 16.9 Å². The number of nitrogens with zero attached hydrogens (tertiary/aromatic N) is 1. The molecule has 1 aromatic rings. The van der Waals surface area contributed by atoms with Gasteiger partial charge in [-0.15, -0.1) is 0 Å². The lowest BCUT2D eigenvalue weighted by Gasteiger charge is -2.20. The highest BCUT2D eigenvalue weighted by Crippen LogP contribution is 2.24. The third-order valence-electron chi connectivity index (χ3n) is 2.86. The van der Waals surface area contributed by atoms with Crippen LogP contribution in [-0.2, 0) is 4.79 Å². The lowest BCUT2D eigenvalue weighted by atomic mass is 10.1. The number of rotatable bonds is 3. The van der Waals surface area contributed by atoms with Crippen molar-refractivity contribution in [2.75, 3.05) is 14.1 Å². The van der Waals surface area contributed by atoms with Gasteiger partial charge in [0.05, 0.1) is 0 Å². The molecule has 0 N–H and O–H groups in total. The molecule has 0 saturated heterocycles. The summed E-state index contributed by atoms with van der Waals surface area (Å²) < 4.78 is 5.74. The number of benzene rings is 1. The second-order valence-electron chi connectivity index (χ2n) is 4.70. The van der Waals surface area contributed by atoms with Crippen molar-refractivity contribution >= 4 is 5.91 Å². The van der Waals surface area contributed by atoms with E-state index in [2.05, 4.69) is 6.07 Å². The SMILES string of the molecule is Cc1cc(C)c(C)c(O[C@@H](C)C(=O)N(C)C)c1. The van der Waals surface area contributed by atoms with Gasteiger partial charge < -0.3 is 9.64 Å². The van der Waals surface area contributed by atoms with Crippen LogP contribution in [0, 0.1) is 20.8 Å². The van der Waals surface area contributed by atoms with Gasteiger partial charge in [-0.3, -0.25) is 4.79 Å². The summed E-state index contributed by atoms with van der Waals surface area (Å²) in [4.78, 5) is 13.3. The standard InChI is InChI=1S/C14H21NO2/c1-9-7-10(2)11(3)13(8-9)17-12(4)14(16)15(5)6/h7-8,12H,1-6H3/t12-/m0/s1. The summed E-state index contributed by atoms with van der Waals surface area (Å²) in [7, 11) is 3.47. The fourth-order valence-corrected chi connectivity index (χ4v) is 1.73. The molecule has 0 saturated carbocycles. The van der Waals surface area contributed by atoms with E-state index >= 15 is 0 Å². The van der Waals surface area contributed by atoms with Crippen LogP contribution in [0.3, 0.4) is 0 Å². The van der Waals surface area contributed by atoms with E-state index in [-0.39, 0.29) is 5.91 Å². The minimum Gasteiger partial charge on any atom is -0.481 e. The van der Waals surface area contributed by atoms with Crippen LogP contribution in [0.5, 0.6) is 5.75 Å². The molecule has 0 aliphatic carbocycles. The van der Waals surface area contributed by atoms with Gasteiger partial charge in [0.2, 0.25) is 0 Å². The van der Waals surface area contributed by atoms with Gasteiger partial charge in [-0.05, 0) is 50.5 Å². The lowest BCUT2D eigenvalue weighted by Crippen LogP contribution is -2.35. The maximum Gasteiger partial charge on any atom is 0.262 e. The van der Waals surface area contributed by atoms with Crippen LogP contribution in [-0.4, -0.2) is 31.0 Å². The second kappa shape index (κ2) is 5.21. The smallest absolute Gasteiger partial charge is 0.262 e. The van der Waals surface area contributed by atoms with E-state index in [9.17, 15) is 4.79 Å². The Balaban J connectivity index is 2.92. The highest BCUT2D eigenvalue weighted by atomic mass is 16.5. The van der Waals surface area contributed by atoms with Gasteiger partial charge >= 0.3 is 0 Å². The summed E-state index contributed by atoms with van der Waals surface area (Å²) in [6.07, 6.45) is -0.454. The van der Waals surface area contributed by atoms with Crippen LogP contribution in [0.2, 0.25) is 0 Å². The Morgan fingerprint density at radius 2 is 1.82 bits per heavy atom. The number of hydrogen-bond acceptors (Lipinski definition) is 2. The van der Waals surface area contributed by atoms with Gasteiger partial charge in [0, 0.05) is 14.1 Å². The number of aryl methyl sites for hydroxylation is 2. The Hall–Kier alpha value is -1.51. The maximum atomic E-state index is 11.7. The molecule has 0 spiro atoms. The van der Waals surface area contributed by atoms with E-state index in [1.807, 2.05) is 26.8 Å². The first kappa shape index (κ1) is 13.6. The van der Waals surface area contributed by atoms with Crippen molar-refractivity contribution in [2.24, 2.45) is 0 Å². The van der Waals surface area contributed by atoms with Crippen LogP contribution in [0.15, 0.2) is 12.1 Å². The van der Waals surface area contributed by atoms with E-state index in [4.69, 9.17) is 4.74 Å². The highest BCUT2D eigenvalue weighted by Gasteiger charge is 2.17. The molecule has 0 bridgehead atoms. The van der Waals surface area contributed by atoms with Crippen molar-refractivity contribution in [1.82, 2.24) is 4.90 Å². The third kappa shape index (κ3) is 3.22. The van der Waals surface area contributed by atoms with Crippen molar-refractivity contribution in [1.29, 1.82) is 0 Å². The van der Waals surface area contributed by atoms with Gasteiger partial charge in [0.25, 0.3) is 5.91 Å². The summed E-state index contributed by atoms with van der Waals surface area (Å²) in [5, 5.41) is 0. The summed E-state index contributed by atoms with van der Waals surface area (Å²) in [6.45, 7) is 7.86. The predicted octanol–water partition coefficient (Wildman–Crippen LogP) is 2.47. The molecule has 1 aromatic carbocycles. The first-order valence-corrected chi connectivity index (χ1v) is 5.78. The lowest BCUT2D eigenvalue weighted by molar-refractivity contribution is -0.135. The molecule has 0 unspecified atom stereocenters. The van der Waals surface area contributed by atoms with Crippen molar-refractivity contribution in [3.63, 3.8) is 0 Å². The zero-order valence-corrected chi connectivity index (χ0v) is 11.5. The van der Waals surface area contributed by atoms with Crippen molar-refractivity contribution in [3.05, 3.63) is 28.8 Å². The van der Waals surface area contributed by atoms with Crippen molar-refractivity contribution in [2.45, 2.75) is 33.8 Å². The van der Waals surface area contributed by atoms with Crippen LogP contribution in [0.1, 0.15) is 23.6 Å². The maximum absolute atomic E-state index is 11.7. The summed E-state index contributed by atoms with van der Waals surface area (Å²) >= 11 is 0. The normalized spacial score (nSPS) is 12.1. The zero-order valence-electron chi connectivity index (χ0n) is 11.5. The van der Waals surface area contributed by atoms with Crippen molar-refractivity contribution in [3.8, 4) is 5.75 Å². The summed E-state index contributed by atoms with van der Waals surface area (Å²) in [5.41, 5.74) is 3.42. The molecule has 94 valence electrons. The fraction of sp³-hybridized carbons (Fsp3) is 0.500. The van der Waals surface area contributed by atoms with Gasteiger partial charge in [-0.25, -0.2) is 0 Å². The number of likely N-dealkylation sites (N-methyl/N-ethyl adjacent to an activating group) is 1. The molecule has 0 aromatic heterocycles. The minimum atomic E-state index is -0.454. The summed E-state index contributed by atoms with van der Waals surface area (Å²) in [6, 6.07) is 4.09. The summed E-state index contributed by atoms with van der Waals surface area (Å²) in [5.74, 6) is 0.772. The molecule has 0 radical (unpaired) electrons. The molecule has 1 atom stereocenters. The van der Waals surface area contributed by atoms with Crippen molar-refractivity contribution < 1.29 is 9.53 Å². The molecule has 3 heteroatoms. The largest absolute Gasteiger partial charge is 0.481 e.